The van der Waals surface area contributed by atoms with Crippen LogP contribution in [0.4, 0.5) is 11.4 Å². The minimum absolute atomic E-state index is 0.245. The molecule has 0 aliphatic heterocycles. The Kier molecular flexibility index (Phi) is 11.8. The SMILES string of the molecule is C=CC1=CCC(C)C(N(C2=CC=C(C3C=CC(N(C(C=CC(C)C=C)=CC)c4cccc5c4C=CCC=C5)CC3)CC2)c2cccc3ccccc23)C=C1. The van der Waals surface area contributed by atoms with Gasteiger partial charge in [0, 0.05) is 33.7 Å². The molecule has 3 aromatic rings. The van der Waals surface area contributed by atoms with Gasteiger partial charge >= 0.3 is 0 Å². The number of fused-ring (bicyclic) bond motifs is 2. The molecule has 2 nitrogen and oxygen atoms in total. The molecule has 3 aromatic carbocycles. The molecule has 0 fully saturated rings. The van der Waals surface area contributed by atoms with E-state index in [1.807, 2.05) is 12.2 Å². The summed E-state index contributed by atoms with van der Waals surface area (Å²) in [5.41, 5.74) is 10.5. The van der Waals surface area contributed by atoms with Crippen LogP contribution in [0.15, 0.2) is 181 Å². The van der Waals surface area contributed by atoms with Crippen molar-refractivity contribution in [2.75, 3.05) is 9.80 Å². The van der Waals surface area contributed by atoms with Gasteiger partial charge < -0.3 is 9.80 Å². The van der Waals surface area contributed by atoms with E-state index in [1.54, 1.807) is 5.57 Å². The summed E-state index contributed by atoms with van der Waals surface area (Å²) in [6.45, 7) is 14.8. The molecule has 54 heavy (non-hydrogen) atoms. The number of hydrogen-bond donors (Lipinski definition) is 0. The fraction of sp³-hybridized carbons (Fsp3) is 0.269. The average Bonchev–Trinajstić information content (AvgIpc) is 3.58. The van der Waals surface area contributed by atoms with E-state index < -0.39 is 0 Å². The summed E-state index contributed by atoms with van der Waals surface area (Å²) in [6, 6.07) is 22.8. The third-order valence-corrected chi connectivity index (χ3v) is 11.7. The standard InChI is InChI=1S/C52H56N2/c1-6-38(4)24-32-45(8-3)53(51-22-14-18-43-16-10-9-11-20-48(43)51)46-33-28-41(29-34-46)42-30-35-47(36-31-42)54(50-37-27-40(7-2)26-25-39(50)5)52-23-15-19-44-17-12-13-21-49(44)52/h6-8,10-24,26-28,30,32-33,35,37-39,41,46,50H,1-2,9,25,29,31,34,36H2,3-5H3. The molecule has 274 valence electrons. The molecule has 5 unspecified atom stereocenters. The zero-order valence-corrected chi connectivity index (χ0v) is 32.4. The van der Waals surface area contributed by atoms with Gasteiger partial charge in [-0.15, -0.1) is 6.58 Å². The van der Waals surface area contributed by atoms with Crippen molar-refractivity contribution in [2.24, 2.45) is 17.8 Å². The molecule has 5 atom stereocenters. The second-order valence-corrected chi connectivity index (χ2v) is 15.2. The quantitative estimate of drug-likeness (QED) is 0.145. The van der Waals surface area contributed by atoms with Gasteiger partial charge in [0.25, 0.3) is 0 Å². The van der Waals surface area contributed by atoms with Gasteiger partial charge in [-0.25, -0.2) is 0 Å². The highest BCUT2D eigenvalue weighted by Gasteiger charge is 2.31. The fourth-order valence-electron chi connectivity index (χ4n) is 8.55. The van der Waals surface area contributed by atoms with Crippen molar-refractivity contribution >= 4 is 34.3 Å². The molecule has 0 radical (unpaired) electrons. The minimum Gasteiger partial charge on any atom is -0.337 e. The van der Waals surface area contributed by atoms with E-state index in [0.29, 0.717) is 17.8 Å². The number of benzene rings is 3. The van der Waals surface area contributed by atoms with Gasteiger partial charge in [0.1, 0.15) is 0 Å². The number of rotatable bonds is 11. The molecule has 0 heterocycles. The molecule has 4 aliphatic rings. The van der Waals surface area contributed by atoms with E-state index in [4.69, 9.17) is 0 Å². The summed E-state index contributed by atoms with van der Waals surface area (Å²) >= 11 is 0. The summed E-state index contributed by atoms with van der Waals surface area (Å²) in [4.78, 5) is 5.22. The van der Waals surface area contributed by atoms with Crippen LogP contribution in [0.3, 0.4) is 0 Å². The lowest BCUT2D eigenvalue weighted by molar-refractivity contribution is 0.501. The molecule has 0 aromatic heterocycles. The average molecular weight is 709 g/mol. The van der Waals surface area contributed by atoms with Gasteiger partial charge in [0.15, 0.2) is 0 Å². The Morgan fingerprint density at radius 1 is 0.852 bits per heavy atom. The highest BCUT2D eigenvalue weighted by Crippen LogP contribution is 2.41. The lowest BCUT2D eigenvalue weighted by atomic mass is 9.82. The maximum absolute atomic E-state index is 4.07. The summed E-state index contributed by atoms with van der Waals surface area (Å²) in [5.74, 6) is 1.21. The first-order valence-corrected chi connectivity index (χ1v) is 20.1. The van der Waals surface area contributed by atoms with Crippen molar-refractivity contribution in [3.05, 3.63) is 193 Å². The van der Waals surface area contributed by atoms with Crippen molar-refractivity contribution in [3.63, 3.8) is 0 Å². The number of allylic oxidation sites excluding steroid dienone is 15. The van der Waals surface area contributed by atoms with Gasteiger partial charge in [0.05, 0.1) is 12.1 Å². The van der Waals surface area contributed by atoms with Crippen LogP contribution in [0.1, 0.15) is 70.4 Å². The van der Waals surface area contributed by atoms with Crippen LogP contribution < -0.4 is 9.80 Å². The Hall–Kier alpha value is -5.34. The van der Waals surface area contributed by atoms with E-state index >= 15 is 0 Å². The molecule has 2 heteroatoms. The molecule has 0 bridgehead atoms. The predicted molar refractivity (Wildman–Crippen MR) is 236 cm³/mol. The first kappa shape index (κ1) is 37.0. The van der Waals surface area contributed by atoms with Crippen LogP contribution in [0.2, 0.25) is 0 Å². The number of hydrogen-bond acceptors (Lipinski definition) is 2. The highest BCUT2D eigenvalue weighted by atomic mass is 15.2. The first-order valence-electron chi connectivity index (χ1n) is 20.1. The molecule has 0 saturated heterocycles. The van der Waals surface area contributed by atoms with E-state index in [2.05, 4.69) is 189 Å². The third kappa shape index (κ3) is 7.94. The lowest BCUT2D eigenvalue weighted by Gasteiger charge is -2.40. The van der Waals surface area contributed by atoms with E-state index in [0.717, 1.165) is 38.5 Å². The largest absolute Gasteiger partial charge is 0.337 e. The molecule has 0 spiro atoms. The molecular formula is C52H56N2. The smallest absolute Gasteiger partial charge is 0.0551 e. The van der Waals surface area contributed by atoms with Crippen LogP contribution >= 0.6 is 0 Å². The lowest BCUT2D eigenvalue weighted by Crippen LogP contribution is -2.38. The van der Waals surface area contributed by atoms with Crippen molar-refractivity contribution < 1.29 is 0 Å². The molecular weight excluding hydrogens is 653 g/mol. The van der Waals surface area contributed by atoms with E-state index in [-0.39, 0.29) is 12.1 Å². The third-order valence-electron chi connectivity index (χ3n) is 11.7. The fourth-order valence-corrected chi connectivity index (χ4v) is 8.55. The van der Waals surface area contributed by atoms with Gasteiger partial charge in [-0.3, -0.25) is 0 Å². The first-order chi connectivity index (χ1) is 26.5. The predicted octanol–water partition coefficient (Wildman–Crippen LogP) is 13.9. The second-order valence-electron chi connectivity index (χ2n) is 15.2. The maximum atomic E-state index is 4.07. The molecule has 7 rings (SSSR count). The van der Waals surface area contributed by atoms with Crippen molar-refractivity contribution in [1.82, 2.24) is 0 Å². The van der Waals surface area contributed by atoms with Gasteiger partial charge in [-0.05, 0) is 104 Å². The number of anilines is 2. The molecule has 0 saturated carbocycles. The monoisotopic (exact) mass is 708 g/mol. The molecule has 4 aliphatic carbocycles. The van der Waals surface area contributed by atoms with Crippen molar-refractivity contribution in [1.29, 1.82) is 0 Å². The zero-order chi connectivity index (χ0) is 37.4. The van der Waals surface area contributed by atoms with Crippen molar-refractivity contribution in [2.45, 2.75) is 71.4 Å². The summed E-state index contributed by atoms with van der Waals surface area (Å²) in [5, 5.41) is 2.59. The van der Waals surface area contributed by atoms with Crippen LogP contribution in [0, 0.1) is 17.8 Å². The highest BCUT2D eigenvalue weighted by molar-refractivity contribution is 5.95. The van der Waals surface area contributed by atoms with Crippen LogP contribution in [0.25, 0.3) is 22.9 Å². The summed E-state index contributed by atoms with van der Waals surface area (Å²) < 4.78 is 0. The molecule has 0 N–H and O–H groups in total. The maximum Gasteiger partial charge on any atom is 0.0551 e. The Morgan fingerprint density at radius 2 is 1.67 bits per heavy atom. The normalized spacial score (nSPS) is 23.2. The van der Waals surface area contributed by atoms with E-state index in [1.165, 1.54) is 50.2 Å². The van der Waals surface area contributed by atoms with Gasteiger partial charge in [0.2, 0.25) is 0 Å². The Bertz CT molecular complexity index is 2140. The second kappa shape index (κ2) is 17.2. The van der Waals surface area contributed by atoms with Gasteiger partial charge in [-0.2, -0.15) is 0 Å². The van der Waals surface area contributed by atoms with Crippen LogP contribution in [-0.4, -0.2) is 12.1 Å². The topological polar surface area (TPSA) is 6.48 Å². The Morgan fingerprint density at radius 3 is 2.44 bits per heavy atom. The Labute approximate surface area is 324 Å². The van der Waals surface area contributed by atoms with Crippen molar-refractivity contribution in [3.8, 4) is 0 Å². The Balaban J connectivity index is 1.20. The summed E-state index contributed by atoms with van der Waals surface area (Å²) in [6.07, 6.45) is 43.1. The minimum atomic E-state index is 0.245. The van der Waals surface area contributed by atoms with E-state index in [9.17, 15) is 0 Å². The summed E-state index contributed by atoms with van der Waals surface area (Å²) in [7, 11) is 0. The zero-order valence-electron chi connectivity index (χ0n) is 32.4. The van der Waals surface area contributed by atoms with Gasteiger partial charge in [-0.1, -0.05) is 160 Å². The number of nitrogens with zero attached hydrogens (tertiary/aromatic N) is 2. The van der Waals surface area contributed by atoms with Crippen LogP contribution in [-0.2, 0) is 0 Å². The molecule has 0 amide bonds. The van der Waals surface area contributed by atoms with Crippen LogP contribution in [0.5, 0.6) is 0 Å².